The van der Waals surface area contributed by atoms with E-state index >= 15 is 0 Å². The monoisotopic (exact) mass is 373 g/mol. The lowest BCUT2D eigenvalue weighted by molar-refractivity contribution is -0.181. The second kappa shape index (κ2) is 8.65. The zero-order valence-corrected chi connectivity index (χ0v) is 16.4. The van der Waals surface area contributed by atoms with Crippen molar-refractivity contribution in [3.8, 4) is 0 Å². The Kier molecular flexibility index (Phi) is 8.42. The van der Waals surface area contributed by atoms with Crippen LogP contribution in [-0.4, -0.2) is 33.8 Å². The third kappa shape index (κ3) is 8.46. The number of halogens is 3. The summed E-state index contributed by atoms with van der Waals surface area (Å²) in [6.45, 7) is 11.8. The minimum Gasteiger partial charge on any atom is -0.465 e. The van der Waals surface area contributed by atoms with Crippen LogP contribution in [-0.2, 0) is 20.5 Å². The molecule has 0 unspecified atom stereocenters. The Morgan fingerprint density at radius 1 is 1.12 bits per heavy atom. The maximum atomic E-state index is 13.6. The molecule has 0 saturated heterocycles. The SMILES string of the molecule is CCCOC(=O)[C@H](CC(C)(C)C)[C@@H](N[S@](=O)C(C)(C)C)C(F)(F)F. The maximum Gasteiger partial charge on any atom is 0.405 e. The van der Waals surface area contributed by atoms with E-state index in [1.807, 2.05) is 0 Å². The van der Waals surface area contributed by atoms with E-state index in [1.165, 1.54) is 0 Å². The van der Waals surface area contributed by atoms with E-state index < -0.39 is 45.3 Å². The van der Waals surface area contributed by atoms with Crippen molar-refractivity contribution in [1.82, 2.24) is 4.72 Å². The molecule has 0 spiro atoms. The summed E-state index contributed by atoms with van der Waals surface area (Å²) in [5.74, 6) is -2.37. The van der Waals surface area contributed by atoms with Gasteiger partial charge in [-0.05, 0) is 39.0 Å². The van der Waals surface area contributed by atoms with Crippen LogP contribution in [0.2, 0.25) is 0 Å². The highest BCUT2D eigenvalue weighted by molar-refractivity contribution is 7.84. The summed E-state index contributed by atoms with van der Waals surface area (Å²) in [5.41, 5.74) is -0.524. The molecular formula is C16H30F3NO3S. The third-order valence-electron chi connectivity index (χ3n) is 3.13. The van der Waals surface area contributed by atoms with E-state index in [1.54, 1.807) is 48.5 Å². The molecule has 0 amide bonds. The quantitative estimate of drug-likeness (QED) is 0.687. The highest BCUT2D eigenvalue weighted by atomic mass is 32.2. The minimum atomic E-state index is -4.72. The van der Waals surface area contributed by atoms with E-state index in [4.69, 9.17) is 4.74 Å². The standard InChI is InChI=1S/C16H30F3NO3S/c1-8-9-23-13(21)11(10-14(2,3)4)12(16(17,18)19)20-24(22)15(5,6)7/h11-12,20H,8-10H2,1-7H3/t11-,12-,24-/m1/s1. The lowest BCUT2D eigenvalue weighted by Gasteiger charge is -2.33. The van der Waals surface area contributed by atoms with Gasteiger partial charge in [0.1, 0.15) is 6.04 Å². The molecule has 3 atom stereocenters. The van der Waals surface area contributed by atoms with Crippen LogP contribution in [0.15, 0.2) is 0 Å². The highest BCUT2D eigenvalue weighted by Gasteiger charge is 2.50. The van der Waals surface area contributed by atoms with Crippen LogP contribution in [0.25, 0.3) is 0 Å². The smallest absolute Gasteiger partial charge is 0.405 e. The molecular weight excluding hydrogens is 343 g/mol. The van der Waals surface area contributed by atoms with Gasteiger partial charge in [-0.2, -0.15) is 13.2 Å². The van der Waals surface area contributed by atoms with Crippen molar-refractivity contribution in [2.45, 2.75) is 78.3 Å². The van der Waals surface area contributed by atoms with Gasteiger partial charge in [0.25, 0.3) is 0 Å². The number of carbonyl (C=O) groups is 1. The van der Waals surface area contributed by atoms with Crippen LogP contribution in [0.3, 0.4) is 0 Å². The van der Waals surface area contributed by atoms with Crippen LogP contribution < -0.4 is 4.72 Å². The Morgan fingerprint density at radius 3 is 1.96 bits per heavy atom. The number of esters is 1. The molecule has 0 radical (unpaired) electrons. The number of rotatable bonds is 7. The average molecular weight is 373 g/mol. The first kappa shape index (κ1) is 23.4. The number of hydrogen-bond donors (Lipinski definition) is 1. The Hall–Kier alpha value is -0.630. The number of carbonyl (C=O) groups excluding carboxylic acids is 1. The molecule has 8 heteroatoms. The summed E-state index contributed by atoms with van der Waals surface area (Å²) >= 11 is 0. The van der Waals surface area contributed by atoms with E-state index in [0.717, 1.165) is 0 Å². The maximum absolute atomic E-state index is 13.6. The molecule has 0 aliphatic rings. The Bertz CT molecular complexity index is 439. The Balaban J connectivity index is 5.64. The summed E-state index contributed by atoms with van der Waals surface area (Å²) in [7, 11) is -1.96. The molecule has 0 aliphatic heterocycles. The summed E-state index contributed by atoms with van der Waals surface area (Å²) in [6.07, 6.45) is -4.23. The van der Waals surface area contributed by atoms with Crippen molar-refractivity contribution in [3.05, 3.63) is 0 Å². The molecule has 144 valence electrons. The van der Waals surface area contributed by atoms with Gasteiger partial charge in [-0.15, -0.1) is 0 Å². The Labute approximate surface area is 145 Å². The van der Waals surface area contributed by atoms with Crippen molar-refractivity contribution in [2.75, 3.05) is 6.61 Å². The van der Waals surface area contributed by atoms with Crippen LogP contribution in [0.4, 0.5) is 13.2 Å². The molecule has 0 bridgehead atoms. The molecule has 0 aromatic heterocycles. The van der Waals surface area contributed by atoms with Gasteiger partial charge < -0.3 is 4.74 Å². The first-order valence-electron chi connectivity index (χ1n) is 8.01. The molecule has 0 aromatic rings. The van der Waals surface area contributed by atoms with Gasteiger partial charge >= 0.3 is 12.1 Å². The molecule has 0 aliphatic carbocycles. The lowest BCUT2D eigenvalue weighted by Crippen LogP contribution is -2.54. The van der Waals surface area contributed by atoms with Gasteiger partial charge in [0.2, 0.25) is 0 Å². The van der Waals surface area contributed by atoms with Crippen molar-refractivity contribution in [1.29, 1.82) is 0 Å². The van der Waals surface area contributed by atoms with E-state index in [0.29, 0.717) is 6.42 Å². The van der Waals surface area contributed by atoms with Gasteiger partial charge in [0.15, 0.2) is 0 Å². The van der Waals surface area contributed by atoms with E-state index in [-0.39, 0.29) is 13.0 Å². The minimum absolute atomic E-state index is 0.0337. The molecule has 0 saturated carbocycles. The van der Waals surface area contributed by atoms with Crippen LogP contribution in [0.1, 0.15) is 61.3 Å². The topological polar surface area (TPSA) is 55.4 Å². The Morgan fingerprint density at radius 2 is 1.62 bits per heavy atom. The molecule has 1 N–H and O–H groups in total. The van der Waals surface area contributed by atoms with Crippen LogP contribution >= 0.6 is 0 Å². The number of hydrogen-bond acceptors (Lipinski definition) is 3. The zero-order chi connectivity index (χ0) is 19.3. The normalized spacial score (nSPS) is 17.2. The summed E-state index contributed by atoms with van der Waals surface area (Å²) in [5, 5.41) is 0. The summed E-state index contributed by atoms with van der Waals surface area (Å²) in [4.78, 5) is 12.2. The van der Waals surface area contributed by atoms with Crippen LogP contribution in [0.5, 0.6) is 0 Å². The van der Waals surface area contributed by atoms with Gasteiger partial charge in [-0.1, -0.05) is 27.7 Å². The third-order valence-corrected chi connectivity index (χ3v) is 4.71. The molecule has 0 fully saturated rings. The summed E-state index contributed by atoms with van der Waals surface area (Å²) < 4.78 is 59.1. The van der Waals surface area contributed by atoms with E-state index in [9.17, 15) is 22.2 Å². The molecule has 0 heterocycles. The van der Waals surface area contributed by atoms with Gasteiger partial charge in [-0.3, -0.25) is 4.79 Å². The fraction of sp³-hybridized carbons (Fsp3) is 0.938. The van der Waals surface area contributed by atoms with Crippen molar-refractivity contribution >= 4 is 17.0 Å². The predicted octanol–water partition coefficient (Wildman–Crippen LogP) is 3.97. The molecule has 0 aromatic carbocycles. The first-order valence-corrected chi connectivity index (χ1v) is 9.16. The van der Waals surface area contributed by atoms with Crippen molar-refractivity contribution in [3.63, 3.8) is 0 Å². The zero-order valence-electron chi connectivity index (χ0n) is 15.5. The van der Waals surface area contributed by atoms with Crippen molar-refractivity contribution in [2.24, 2.45) is 11.3 Å². The largest absolute Gasteiger partial charge is 0.465 e. The highest BCUT2D eigenvalue weighted by Crippen LogP contribution is 2.35. The predicted molar refractivity (Wildman–Crippen MR) is 89.7 cm³/mol. The van der Waals surface area contributed by atoms with Crippen molar-refractivity contribution < 1.29 is 26.9 Å². The fourth-order valence-electron chi connectivity index (χ4n) is 1.98. The van der Waals surface area contributed by atoms with E-state index in [2.05, 4.69) is 4.72 Å². The second-order valence-corrected chi connectivity index (χ2v) is 10.1. The fourth-order valence-corrected chi connectivity index (χ4v) is 2.86. The van der Waals surface area contributed by atoms with Gasteiger partial charge in [-0.25, -0.2) is 8.93 Å². The van der Waals surface area contributed by atoms with Gasteiger partial charge in [0, 0.05) is 0 Å². The number of ether oxygens (including phenoxy) is 1. The number of alkyl halides is 3. The molecule has 24 heavy (non-hydrogen) atoms. The molecule has 4 nitrogen and oxygen atoms in total. The molecule has 0 rings (SSSR count). The second-order valence-electron chi connectivity index (χ2n) is 8.06. The number of nitrogens with one attached hydrogen (secondary N) is 1. The summed E-state index contributed by atoms with van der Waals surface area (Å²) in [6, 6.07) is -2.22. The van der Waals surface area contributed by atoms with Crippen LogP contribution in [0, 0.1) is 11.3 Å². The average Bonchev–Trinajstić information content (AvgIpc) is 2.35. The lowest BCUT2D eigenvalue weighted by atomic mass is 9.81. The van der Waals surface area contributed by atoms with Gasteiger partial charge in [0.05, 0.1) is 28.3 Å². The first-order chi connectivity index (χ1) is 10.6.